The van der Waals surface area contributed by atoms with E-state index in [2.05, 4.69) is 15.6 Å². The zero-order valence-corrected chi connectivity index (χ0v) is 17.4. The normalized spacial score (nSPS) is 16.0. The van der Waals surface area contributed by atoms with Gasteiger partial charge in [-0.15, -0.1) is 0 Å². The van der Waals surface area contributed by atoms with Crippen LogP contribution < -0.4 is 10.6 Å². The molecule has 1 aromatic carbocycles. The van der Waals surface area contributed by atoms with E-state index >= 15 is 0 Å². The molecule has 1 unspecified atom stereocenters. The number of carbonyl (C=O) groups is 3. The second-order valence-electron chi connectivity index (χ2n) is 7.26. The third-order valence-electron chi connectivity index (χ3n) is 5.01. The van der Waals surface area contributed by atoms with E-state index in [0.717, 1.165) is 12.8 Å². The van der Waals surface area contributed by atoms with E-state index in [0.29, 0.717) is 48.9 Å². The summed E-state index contributed by atoms with van der Waals surface area (Å²) in [6.07, 6.45) is 3.88. The molecular weight excluding hydrogens is 404 g/mol. The molecule has 1 aliphatic heterocycles. The average Bonchev–Trinajstić information content (AvgIpc) is 2.78. The fraction of sp³-hybridized carbons (Fsp3) is 0.364. The van der Waals surface area contributed by atoms with E-state index in [9.17, 15) is 14.4 Å². The Morgan fingerprint density at radius 2 is 1.93 bits per heavy atom. The van der Waals surface area contributed by atoms with Crippen molar-refractivity contribution in [2.75, 3.05) is 25.0 Å². The van der Waals surface area contributed by atoms with Crippen LogP contribution >= 0.6 is 11.6 Å². The number of aromatic nitrogens is 1. The highest BCUT2D eigenvalue weighted by Crippen LogP contribution is 2.19. The van der Waals surface area contributed by atoms with E-state index in [1.165, 1.54) is 6.20 Å². The molecule has 0 spiro atoms. The minimum atomic E-state index is -0.266. The molecule has 158 valence electrons. The number of rotatable bonds is 7. The van der Waals surface area contributed by atoms with Crippen LogP contribution in [-0.4, -0.2) is 47.2 Å². The lowest BCUT2D eigenvalue weighted by Crippen LogP contribution is -2.44. The van der Waals surface area contributed by atoms with Crippen molar-refractivity contribution in [3.05, 3.63) is 59.2 Å². The maximum absolute atomic E-state index is 12.5. The summed E-state index contributed by atoms with van der Waals surface area (Å²) < 4.78 is 0. The Bertz CT molecular complexity index is 874. The second-order valence-corrected chi connectivity index (χ2v) is 7.69. The van der Waals surface area contributed by atoms with Gasteiger partial charge in [-0.1, -0.05) is 29.8 Å². The lowest BCUT2D eigenvalue weighted by Gasteiger charge is -2.32. The highest BCUT2D eigenvalue weighted by atomic mass is 35.5. The highest BCUT2D eigenvalue weighted by molar-refractivity contribution is 6.30. The summed E-state index contributed by atoms with van der Waals surface area (Å²) in [6, 6.07) is 12.3. The minimum absolute atomic E-state index is 0.00563. The van der Waals surface area contributed by atoms with Crippen LogP contribution in [0.25, 0.3) is 0 Å². The summed E-state index contributed by atoms with van der Waals surface area (Å²) >= 11 is 5.81. The third-order valence-corrected chi connectivity index (χ3v) is 5.24. The fourth-order valence-electron chi connectivity index (χ4n) is 3.39. The molecule has 1 saturated heterocycles. The third kappa shape index (κ3) is 6.29. The first kappa shape index (κ1) is 21.8. The van der Waals surface area contributed by atoms with Gasteiger partial charge in [0, 0.05) is 37.8 Å². The van der Waals surface area contributed by atoms with E-state index in [1.54, 1.807) is 29.2 Å². The molecule has 2 N–H and O–H groups in total. The highest BCUT2D eigenvalue weighted by Gasteiger charge is 2.28. The van der Waals surface area contributed by atoms with Crippen LogP contribution in [0.3, 0.4) is 0 Å². The minimum Gasteiger partial charge on any atom is -0.352 e. The summed E-state index contributed by atoms with van der Waals surface area (Å²) in [4.78, 5) is 42.9. The molecule has 3 amide bonds. The molecule has 1 atom stereocenters. The van der Waals surface area contributed by atoms with Crippen LogP contribution in [0.5, 0.6) is 0 Å². The van der Waals surface area contributed by atoms with Crippen molar-refractivity contribution in [3.8, 4) is 0 Å². The number of hydrogen-bond acceptors (Lipinski definition) is 4. The van der Waals surface area contributed by atoms with Crippen molar-refractivity contribution in [2.24, 2.45) is 5.92 Å². The number of hydrogen-bond donors (Lipinski definition) is 2. The first-order chi connectivity index (χ1) is 14.5. The van der Waals surface area contributed by atoms with Crippen molar-refractivity contribution < 1.29 is 14.4 Å². The molecular formula is C22H25ClN4O3. The molecule has 2 aromatic rings. The summed E-state index contributed by atoms with van der Waals surface area (Å²) in [6.45, 7) is 1.48. The summed E-state index contributed by atoms with van der Waals surface area (Å²) in [5.41, 5.74) is 0.601. The van der Waals surface area contributed by atoms with Crippen LogP contribution in [0.1, 0.15) is 36.0 Å². The van der Waals surface area contributed by atoms with Gasteiger partial charge in [0.15, 0.2) is 0 Å². The number of benzene rings is 1. The number of nitrogens with zero attached hydrogens (tertiary/aromatic N) is 2. The van der Waals surface area contributed by atoms with E-state index in [4.69, 9.17) is 11.6 Å². The largest absolute Gasteiger partial charge is 0.352 e. The Balaban J connectivity index is 1.41. The zero-order chi connectivity index (χ0) is 21.3. The number of halogens is 1. The van der Waals surface area contributed by atoms with Crippen molar-refractivity contribution in [3.63, 3.8) is 0 Å². The van der Waals surface area contributed by atoms with Gasteiger partial charge in [-0.25, -0.2) is 4.98 Å². The number of pyridine rings is 1. The molecule has 1 aliphatic rings. The SMILES string of the molecule is O=C(NCCCC(=O)N1CCCC(C(=O)Nc2ccc(Cl)cn2)C1)c1ccccc1. The Morgan fingerprint density at radius 3 is 2.67 bits per heavy atom. The topological polar surface area (TPSA) is 91.4 Å². The predicted molar refractivity (Wildman–Crippen MR) is 115 cm³/mol. The van der Waals surface area contributed by atoms with Gasteiger partial charge in [-0.3, -0.25) is 14.4 Å². The Kier molecular flexibility index (Phi) is 7.79. The molecule has 1 fully saturated rings. The molecule has 3 rings (SSSR count). The zero-order valence-electron chi connectivity index (χ0n) is 16.6. The number of amides is 3. The van der Waals surface area contributed by atoms with Crippen LogP contribution in [-0.2, 0) is 9.59 Å². The molecule has 0 saturated carbocycles. The first-order valence-corrected chi connectivity index (χ1v) is 10.4. The summed E-state index contributed by atoms with van der Waals surface area (Å²) in [5.74, 6) is -0.0999. The monoisotopic (exact) mass is 428 g/mol. The van der Waals surface area contributed by atoms with Crippen LogP contribution in [0, 0.1) is 5.92 Å². The smallest absolute Gasteiger partial charge is 0.251 e. The van der Waals surface area contributed by atoms with E-state index < -0.39 is 0 Å². The molecule has 0 aliphatic carbocycles. The number of piperidine rings is 1. The number of carbonyl (C=O) groups excluding carboxylic acids is 3. The fourth-order valence-corrected chi connectivity index (χ4v) is 3.50. The molecule has 0 bridgehead atoms. The van der Waals surface area contributed by atoms with Gasteiger partial charge in [0.2, 0.25) is 11.8 Å². The maximum Gasteiger partial charge on any atom is 0.251 e. The number of likely N-dealkylation sites (tertiary alicyclic amines) is 1. The lowest BCUT2D eigenvalue weighted by atomic mass is 9.96. The molecule has 2 heterocycles. The quantitative estimate of drug-likeness (QED) is 0.663. The van der Waals surface area contributed by atoms with Crippen molar-refractivity contribution in [1.82, 2.24) is 15.2 Å². The van der Waals surface area contributed by atoms with Gasteiger partial charge in [0.1, 0.15) is 5.82 Å². The molecule has 8 heteroatoms. The standard InChI is InChI=1S/C22H25ClN4O3/c23-18-10-11-19(25-14-18)26-22(30)17-8-5-13-27(15-17)20(28)9-4-12-24-21(29)16-6-2-1-3-7-16/h1-3,6-7,10-11,14,17H,4-5,8-9,12-13,15H2,(H,24,29)(H,25,26,30). The van der Waals surface area contributed by atoms with Crippen molar-refractivity contribution in [2.45, 2.75) is 25.7 Å². The van der Waals surface area contributed by atoms with Gasteiger partial charge < -0.3 is 15.5 Å². The molecule has 1 aromatic heterocycles. The summed E-state index contributed by atoms with van der Waals surface area (Å²) in [5, 5.41) is 6.11. The number of anilines is 1. The molecule has 30 heavy (non-hydrogen) atoms. The maximum atomic E-state index is 12.5. The summed E-state index contributed by atoms with van der Waals surface area (Å²) in [7, 11) is 0. The average molecular weight is 429 g/mol. The van der Waals surface area contributed by atoms with Gasteiger partial charge >= 0.3 is 0 Å². The molecule has 7 nitrogen and oxygen atoms in total. The van der Waals surface area contributed by atoms with Crippen molar-refractivity contribution >= 4 is 35.1 Å². The Labute approximate surface area is 180 Å². The van der Waals surface area contributed by atoms with Gasteiger partial charge in [0.25, 0.3) is 5.91 Å². The van der Waals surface area contributed by atoms with Gasteiger partial charge in [-0.2, -0.15) is 0 Å². The molecule has 0 radical (unpaired) electrons. The van der Waals surface area contributed by atoms with E-state index in [-0.39, 0.29) is 23.6 Å². The van der Waals surface area contributed by atoms with E-state index in [1.807, 2.05) is 18.2 Å². The van der Waals surface area contributed by atoms with Gasteiger partial charge in [0.05, 0.1) is 10.9 Å². The van der Waals surface area contributed by atoms with Crippen molar-refractivity contribution in [1.29, 1.82) is 0 Å². The first-order valence-electron chi connectivity index (χ1n) is 10.1. The Morgan fingerprint density at radius 1 is 1.13 bits per heavy atom. The van der Waals surface area contributed by atoms with Gasteiger partial charge in [-0.05, 0) is 43.5 Å². The second kappa shape index (κ2) is 10.7. The van der Waals surface area contributed by atoms with Crippen LogP contribution in [0.15, 0.2) is 48.7 Å². The Hall–Kier alpha value is -2.93. The van der Waals surface area contributed by atoms with Crippen LogP contribution in [0.2, 0.25) is 5.02 Å². The number of nitrogens with one attached hydrogen (secondary N) is 2. The predicted octanol–water partition coefficient (Wildman–Crippen LogP) is 3.12. The lowest BCUT2D eigenvalue weighted by molar-refractivity contribution is -0.134. The van der Waals surface area contributed by atoms with Crippen LogP contribution in [0.4, 0.5) is 5.82 Å².